The molecule has 0 atom stereocenters. The Balaban J connectivity index is 1.79. The molecule has 1 aromatic rings. The number of ether oxygens (including phenoxy) is 1. The first kappa shape index (κ1) is 18.8. The molecule has 2 aliphatic heterocycles. The van der Waals surface area contributed by atoms with E-state index >= 15 is 0 Å². The number of carbonyl (C=O) groups excluding carboxylic acids is 2. The van der Waals surface area contributed by atoms with Crippen molar-refractivity contribution >= 4 is 11.8 Å². The van der Waals surface area contributed by atoms with Crippen LogP contribution >= 0.6 is 0 Å². The van der Waals surface area contributed by atoms with Crippen molar-refractivity contribution in [2.24, 2.45) is 0 Å². The predicted octanol–water partition coefficient (Wildman–Crippen LogP) is 0.373. The lowest BCUT2D eigenvalue weighted by Gasteiger charge is -2.33. The number of fused-ring (bicyclic) bond motifs is 1. The van der Waals surface area contributed by atoms with Gasteiger partial charge in [0, 0.05) is 46.4 Å². The first-order chi connectivity index (χ1) is 12.7. The van der Waals surface area contributed by atoms with Gasteiger partial charge in [0.2, 0.25) is 0 Å². The average molecular weight is 363 g/mol. The van der Waals surface area contributed by atoms with E-state index in [9.17, 15) is 9.59 Å². The predicted molar refractivity (Wildman–Crippen MR) is 97.4 cm³/mol. The van der Waals surface area contributed by atoms with Gasteiger partial charge in [-0.05, 0) is 25.8 Å². The average Bonchev–Trinajstić information content (AvgIpc) is 3.07. The largest absolute Gasteiger partial charge is 0.383 e. The SMILES string of the molecule is CCN1CCN(C(=O)c2nc(C(=O)NCCOC)n3c2CCCC3)CC1. The Kier molecular flexibility index (Phi) is 6.26. The fourth-order valence-electron chi connectivity index (χ4n) is 3.65. The quantitative estimate of drug-likeness (QED) is 0.739. The summed E-state index contributed by atoms with van der Waals surface area (Å²) in [5.74, 6) is 0.0775. The molecule has 26 heavy (non-hydrogen) atoms. The van der Waals surface area contributed by atoms with Gasteiger partial charge in [0.25, 0.3) is 11.8 Å². The van der Waals surface area contributed by atoms with Crippen LogP contribution in [-0.4, -0.2) is 84.2 Å². The van der Waals surface area contributed by atoms with Gasteiger partial charge >= 0.3 is 0 Å². The monoisotopic (exact) mass is 363 g/mol. The highest BCUT2D eigenvalue weighted by atomic mass is 16.5. The molecule has 1 fully saturated rings. The van der Waals surface area contributed by atoms with Gasteiger partial charge in [-0.15, -0.1) is 0 Å². The molecule has 1 saturated heterocycles. The summed E-state index contributed by atoms with van der Waals surface area (Å²) in [6, 6.07) is 0. The van der Waals surface area contributed by atoms with Crippen LogP contribution in [0.3, 0.4) is 0 Å². The number of nitrogens with zero attached hydrogens (tertiary/aromatic N) is 4. The summed E-state index contributed by atoms with van der Waals surface area (Å²) in [5.41, 5.74) is 1.38. The maximum absolute atomic E-state index is 13.0. The first-order valence-electron chi connectivity index (χ1n) is 9.53. The molecule has 2 amide bonds. The number of nitrogens with one attached hydrogen (secondary N) is 1. The van der Waals surface area contributed by atoms with E-state index in [1.807, 2.05) is 9.47 Å². The molecule has 3 rings (SSSR count). The van der Waals surface area contributed by atoms with Crippen molar-refractivity contribution in [2.75, 3.05) is 53.0 Å². The number of rotatable bonds is 6. The van der Waals surface area contributed by atoms with E-state index in [4.69, 9.17) is 4.74 Å². The van der Waals surface area contributed by atoms with Crippen molar-refractivity contribution < 1.29 is 14.3 Å². The number of hydrogen-bond acceptors (Lipinski definition) is 5. The van der Waals surface area contributed by atoms with Crippen molar-refractivity contribution in [3.05, 3.63) is 17.2 Å². The van der Waals surface area contributed by atoms with Crippen LogP contribution in [0.1, 0.15) is 46.6 Å². The van der Waals surface area contributed by atoms with Crippen LogP contribution in [0.4, 0.5) is 0 Å². The van der Waals surface area contributed by atoms with Crippen molar-refractivity contribution in [2.45, 2.75) is 32.7 Å². The smallest absolute Gasteiger partial charge is 0.287 e. The molecule has 8 heteroatoms. The summed E-state index contributed by atoms with van der Waals surface area (Å²) < 4.78 is 6.91. The Labute approximate surface area is 154 Å². The Bertz CT molecular complexity index is 649. The number of hydrogen-bond donors (Lipinski definition) is 1. The number of methoxy groups -OCH3 is 1. The van der Waals surface area contributed by atoms with E-state index in [-0.39, 0.29) is 11.8 Å². The van der Waals surface area contributed by atoms with Crippen molar-refractivity contribution in [3.8, 4) is 0 Å². The van der Waals surface area contributed by atoms with Crippen LogP contribution in [0.15, 0.2) is 0 Å². The second-order valence-corrected chi connectivity index (χ2v) is 6.81. The summed E-state index contributed by atoms with van der Waals surface area (Å²) in [7, 11) is 1.60. The second kappa shape index (κ2) is 8.64. The third-order valence-electron chi connectivity index (χ3n) is 5.22. The van der Waals surface area contributed by atoms with E-state index < -0.39 is 0 Å². The number of likely N-dealkylation sites (N-methyl/N-ethyl adjacent to an activating group) is 1. The van der Waals surface area contributed by atoms with Gasteiger partial charge in [-0.2, -0.15) is 0 Å². The molecule has 0 aliphatic carbocycles. The minimum Gasteiger partial charge on any atom is -0.383 e. The highest BCUT2D eigenvalue weighted by Crippen LogP contribution is 2.22. The fraction of sp³-hybridized carbons (Fsp3) is 0.722. The van der Waals surface area contributed by atoms with Gasteiger partial charge in [0.05, 0.1) is 12.3 Å². The molecule has 8 nitrogen and oxygen atoms in total. The van der Waals surface area contributed by atoms with Gasteiger partial charge < -0.3 is 24.4 Å². The van der Waals surface area contributed by atoms with Crippen LogP contribution in [0, 0.1) is 0 Å². The lowest BCUT2D eigenvalue weighted by atomic mass is 10.1. The molecule has 0 saturated carbocycles. The molecule has 0 aromatic carbocycles. The lowest BCUT2D eigenvalue weighted by molar-refractivity contribution is 0.0636. The molecule has 0 spiro atoms. The van der Waals surface area contributed by atoms with E-state index in [0.29, 0.717) is 37.8 Å². The van der Waals surface area contributed by atoms with Crippen LogP contribution in [0.25, 0.3) is 0 Å². The summed E-state index contributed by atoms with van der Waals surface area (Å²) in [5, 5.41) is 2.82. The normalized spacial score (nSPS) is 17.8. The number of amides is 2. The summed E-state index contributed by atoms with van der Waals surface area (Å²) in [6.07, 6.45) is 2.83. The molecule has 2 aliphatic rings. The molecule has 0 unspecified atom stereocenters. The third-order valence-corrected chi connectivity index (χ3v) is 5.22. The van der Waals surface area contributed by atoms with Crippen molar-refractivity contribution in [1.29, 1.82) is 0 Å². The first-order valence-corrected chi connectivity index (χ1v) is 9.53. The van der Waals surface area contributed by atoms with Gasteiger partial charge in [-0.3, -0.25) is 9.59 Å². The second-order valence-electron chi connectivity index (χ2n) is 6.81. The van der Waals surface area contributed by atoms with Gasteiger partial charge in [-0.25, -0.2) is 4.98 Å². The molecule has 0 radical (unpaired) electrons. The number of piperazine rings is 1. The van der Waals surface area contributed by atoms with E-state index in [0.717, 1.165) is 51.1 Å². The molecule has 0 bridgehead atoms. The Morgan fingerprint density at radius 3 is 2.62 bits per heavy atom. The zero-order valence-corrected chi connectivity index (χ0v) is 15.8. The minimum atomic E-state index is -0.236. The number of carbonyl (C=O) groups is 2. The minimum absolute atomic E-state index is 0.0395. The van der Waals surface area contributed by atoms with Crippen molar-refractivity contribution in [3.63, 3.8) is 0 Å². The van der Waals surface area contributed by atoms with Crippen LogP contribution in [0.5, 0.6) is 0 Å². The zero-order chi connectivity index (χ0) is 18.5. The van der Waals surface area contributed by atoms with Crippen LogP contribution in [-0.2, 0) is 17.7 Å². The lowest BCUT2D eigenvalue weighted by Crippen LogP contribution is -2.48. The van der Waals surface area contributed by atoms with Gasteiger partial charge in [0.15, 0.2) is 5.82 Å². The van der Waals surface area contributed by atoms with E-state index in [2.05, 4.69) is 22.1 Å². The Morgan fingerprint density at radius 2 is 1.92 bits per heavy atom. The summed E-state index contributed by atoms with van der Waals surface area (Å²) in [4.78, 5) is 34.2. The van der Waals surface area contributed by atoms with Crippen molar-refractivity contribution in [1.82, 2.24) is 24.7 Å². The Morgan fingerprint density at radius 1 is 1.15 bits per heavy atom. The van der Waals surface area contributed by atoms with Gasteiger partial charge in [0.1, 0.15) is 5.69 Å². The maximum Gasteiger partial charge on any atom is 0.287 e. The number of aromatic nitrogens is 2. The molecule has 1 aromatic heterocycles. The highest BCUT2D eigenvalue weighted by molar-refractivity contribution is 5.97. The molecule has 1 N–H and O–H groups in total. The van der Waals surface area contributed by atoms with E-state index in [1.165, 1.54) is 0 Å². The third kappa shape index (κ3) is 3.91. The van der Waals surface area contributed by atoms with Crippen LogP contribution in [0.2, 0.25) is 0 Å². The maximum atomic E-state index is 13.0. The standard InChI is InChI=1S/C18H29N5O3/c1-3-21-9-11-22(12-10-21)18(25)15-14-6-4-5-8-23(14)16(20-15)17(24)19-7-13-26-2/h3-13H2,1-2H3,(H,19,24). The summed E-state index contributed by atoms with van der Waals surface area (Å²) in [6.45, 7) is 7.98. The highest BCUT2D eigenvalue weighted by Gasteiger charge is 2.31. The van der Waals surface area contributed by atoms with E-state index in [1.54, 1.807) is 7.11 Å². The Hall–Kier alpha value is -1.93. The van der Waals surface area contributed by atoms with Crippen LogP contribution < -0.4 is 5.32 Å². The summed E-state index contributed by atoms with van der Waals surface area (Å²) >= 11 is 0. The molecule has 3 heterocycles. The fourth-order valence-corrected chi connectivity index (χ4v) is 3.65. The molecular formula is C18H29N5O3. The number of imidazole rings is 1. The zero-order valence-electron chi connectivity index (χ0n) is 15.8. The van der Waals surface area contributed by atoms with Gasteiger partial charge in [-0.1, -0.05) is 6.92 Å². The topological polar surface area (TPSA) is 79.7 Å². The molecular weight excluding hydrogens is 334 g/mol. The molecule has 144 valence electrons.